The number of aliphatic imine (C=N–C) groups is 1. The molecule has 0 radical (unpaired) electrons. The van der Waals surface area contributed by atoms with Gasteiger partial charge in [0, 0.05) is 25.4 Å². The molecule has 0 aliphatic carbocycles. The van der Waals surface area contributed by atoms with Crippen LogP contribution in [0.15, 0.2) is 29.3 Å². The van der Waals surface area contributed by atoms with Gasteiger partial charge in [-0.15, -0.1) is 24.0 Å². The molecule has 2 fully saturated rings. The molecule has 2 unspecified atom stereocenters. The van der Waals surface area contributed by atoms with Crippen LogP contribution in [0, 0.1) is 6.92 Å². The maximum absolute atomic E-state index is 6.10. The van der Waals surface area contributed by atoms with Crippen LogP contribution >= 0.6 is 35.7 Å². The second-order valence-electron chi connectivity index (χ2n) is 7.90. The van der Waals surface area contributed by atoms with E-state index in [4.69, 9.17) is 14.5 Å². The Morgan fingerprint density at radius 3 is 2.73 bits per heavy atom. The average molecular weight is 549 g/mol. The van der Waals surface area contributed by atoms with Crippen molar-refractivity contribution in [2.75, 3.05) is 57.4 Å². The van der Waals surface area contributed by atoms with Crippen LogP contribution in [0.25, 0.3) is 0 Å². The molecule has 2 atom stereocenters. The zero-order valence-corrected chi connectivity index (χ0v) is 21.6. The molecule has 1 aromatic rings. The minimum atomic E-state index is 0. The van der Waals surface area contributed by atoms with Gasteiger partial charge >= 0.3 is 0 Å². The van der Waals surface area contributed by atoms with Crippen molar-refractivity contribution in [1.29, 1.82) is 0 Å². The lowest BCUT2D eigenvalue weighted by molar-refractivity contribution is -0.0104. The van der Waals surface area contributed by atoms with Gasteiger partial charge in [0.2, 0.25) is 0 Å². The van der Waals surface area contributed by atoms with Crippen LogP contribution in [0.1, 0.15) is 25.8 Å². The largest absolute Gasteiger partial charge is 0.489 e. The van der Waals surface area contributed by atoms with Crippen LogP contribution in [0.5, 0.6) is 5.75 Å². The van der Waals surface area contributed by atoms with E-state index in [1.807, 2.05) is 30.0 Å². The van der Waals surface area contributed by atoms with E-state index in [9.17, 15) is 0 Å². The Bertz CT molecular complexity index is 664. The number of nitrogens with one attached hydrogen (secondary N) is 2. The highest BCUT2D eigenvalue weighted by Gasteiger charge is 2.40. The topological polar surface area (TPSA) is 58.1 Å². The van der Waals surface area contributed by atoms with Gasteiger partial charge in [-0.1, -0.05) is 18.2 Å². The summed E-state index contributed by atoms with van der Waals surface area (Å²) < 4.78 is 11.7. The highest BCUT2D eigenvalue weighted by atomic mass is 127. The van der Waals surface area contributed by atoms with Crippen LogP contribution < -0.4 is 15.4 Å². The Morgan fingerprint density at radius 1 is 1.30 bits per heavy atom. The average Bonchev–Trinajstić information content (AvgIpc) is 3.23. The SMILES string of the molecule is CCNC(=NCC1(N2CCOCC2)CCSC1)NCC(C)Oc1ccccc1C.I. The number of thioether (sulfide) groups is 1. The van der Waals surface area contributed by atoms with E-state index < -0.39 is 0 Å². The summed E-state index contributed by atoms with van der Waals surface area (Å²) in [6.07, 6.45) is 1.25. The van der Waals surface area contributed by atoms with Gasteiger partial charge < -0.3 is 20.1 Å². The van der Waals surface area contributed by atoms with Crippen molar-refractivity contribution >= 4 is 41.7 Å². The summed E-state index contributed by atoms with van der Waals surface area (Å²) in [7, 11) is 0. The van der Waals surface area contributed by atoms with Crippen molar-refractivity contribution in [2.24, 2.45) is 4.99 Å². The fourth-order valence-electron chi connectivity index (χ4n) is 3.86. The first-order valence-corrected chi connectivity index (χ1v) is 11.9. The maximum atomic E-state index is 6.10. The number of guanidine groups is 1. The van der Waals surface area contributed by atoms with Gasteiger partial charge in [-0.3, -0.25) is 9.89 Å². The highest BCUT2D eigenvalue weighted by Crippen LogP contribution is 2.34. The van der Waals surface area contributed by atoms with Crippen LogP contribution in [-0.4, -0.2) is 79.9 Å². The smallest absolute Gasteiger partial charge is 0.191 e. The normalized spacial score (nSPS) is 23.5. The number of hydrogen-bond donors (Lipinski definition) is 2. The number of nitrogens with zero attached hydrogens (tertiary/aromatic N) is 2. The molecule has 2 heterocycles. The first-order chi connectivity index (χ1) is 14.1. The number of halogens is 1. The van der Waals surface area contributed by atoms with Crippen molar-refractivity contribution in [3.8, 4) is 5.75 Å². The summed E-state index contributed by atoms with van der Waals surface area (Å²) in [6.45, 7) is 12.3. The lowest BCUT2D eigenvalue weighted by atomic mass is 9.96. The van der Waals surface area contributed by atoms with Gasteiger partial charge in [0.25, 0.3) is 0 Å². The second-order valence-corrected chi connectivity index (χ2v) is 9.00. The van der Waals surface area contributed by atoms with E-state index in [2.05, 4.69) is 42.4 Å². The van der Waals surface area contributed by atoms with E-state index in [0.29, 0.717) is 6.54 Å². The van der Waals surface area contributed by atoms with Crippen molar-refractivity contribution in [2.45, 2.75) is 38.8 Å². The van der Waals surface area contributed by atoms with Gasteiger partial charge in [0.05, 0.1) is 31.8 Å². The first-order valence-electron chi connectivity index (χ1n) is 10.8. The number of morpholine rings is 1. The zero-order chi connectivity index (χ0) is 20.5. The Labute approximate surface area is 203 Å². The quantitative estimate of drug-likeness (QED) is 0.296. The molecule has 2 N–H and O–H groups in total. The standard InChI is InChI=1S/C22H36N4O2S.HI/c1-4-23-21(24-15-19(3)28-20-8-6-5-7-18(20)2)25-16-22(9-14-29-17-22)26-10-12-27-13-11-26;/h5-8,19H,4,9-17H2,1-3H3,(H2,23,24,25);1H. The lowest BCUT2D eigenvalue weighted by Crippen LogP contribution is -2.56. The van der Waals surface area contributed by atoms with Gasteiger partial charge in [-0.05, 0) is 44.6 Å². The Balaban J connectivity index is 0.00000320. The van der Waals surface area contributed by atoms with E-state index in [1.54, 1.807) is 0 Å². The third-order valence-electron chi connectivity index (χ3n) is 5.62. The molecule has 8 heteroatoms. The van der Waals surface area contributed by atoms with Crippen molar-refractivity contribution in [1.82, 2.24) is 15.5 Å². The molecular formula is C22H37IN4O2S. The molecule has 2 aliphatic heterocycles. The zero-order valence-electron chi connectivity index (χ0n) is 18.5. The number of benzene rings is 1. The molecule has 0 spiro atoms. The predicted octanol–water partition coefficient (Wildman–Crippen LogP) is 3.14. The summed E-state index contributed by atoms with van der Waals surface area (Å²) in [5, 5.41) is 6.86. The van der Waals surface area contributed by atoms with E-state index in [0.717, 1.165) is 62.4 Å². The monoisotopic (exact) mass is 548 g/mol. The highest BCUT2D eigenvalue weighted by molar-refractivity contribution is 14.0. The Morgan fingerprint density at radius 2 is 2.07 bits per heavy atom. The number of aryl methyl sites for hydroxylation is 1. The third-order valence-corrected chi connectivity index (χ3v) is 6.85. The fraction of sp³-hybridized carbons (Fsp3) is 0.682. The fourth-order valence-corrected chi connectivity index (χ4v) is 5.33. The van der Waals surface area contributed by atoms with Crippen molar-refractivity contribution < 1.29 is 9.47 Å². The van der Waals surface area contributed by atoms with Gasteiger partial charge in [-0.2, -0.15) is 11.8 Å². The van der Waals surface area contributed by atoms with Gasteiger partial charge in [0.1, 0.15) is 11.9 Å². The summed E-state index contributed by atoms with van der Waals surface area (Å²) in [6, 6.07) is 8.14. The van der Waals surface area contributed by atoms with E-state index in [1.165, 1.54) is 12.2 Å². The first kappa shape index (κ1) is 25.5. The van der Waals surface area contributed by atoms with Crippen molar-refractivity contribution in [3.63, 3.8) is 0 Å². The number of hydrogen-bond acceptors (Lipinski definition) is 5. The molecule has 6 nitrogen and oxygen atoms in total. The summed E-state index contributed by atoms with van der Waals surface area (Å²) >= 11 is 2.05. The van der Waals surface area contributed by atoms with Gasteiger partial charge in [0.15, 0.2) is 5.96 Å². The predicted molar refractivity (Wildman–Crippen MR) is 138 cm³/mol. The molecule has 0 saturated carbocycles. The molecular weight excluding hydrogens is 511 g/mol. The van der Waals surface area contributed by atoms with Crippen molar-refractivity contribution in [3.05, 3.63) is 29.8 Å². The van der Waals surface area contributed by atoms with E-state index in [-0.39, 0.29) is 35.6 Å². The van der Waals surface area contributed by atoms with Crippen LogP contribution in [0.3, 0.4) is 0 Å². The summed E-state index contributed by atoms with van der Waals surface area (Å²) in [4.78, 5) is 7.59. The number of rotatable bonds is 8. The molecule has 0 aromatic heterocycles. The maximum Gasteiger partial charge on any atom is 0.191 e. The Kier molecular flexibility index (Phi) is 11.1. The second kappa shape index (κ2) is 13.0. The lowest BCUT2D eigenvalue weighted by Gasteiger charge is -2.42. The summed E-state index contributed by atoms with van der Waals surface area (Å²) in [5.41, 5.74) is 1.33. The minimum Gasteiger partial charge on any atom is -0.489 e. The number of ether oxygens (including phenoxy) is 2. The molecule has 170 valence electrons. The van der Waals surface area contributed by atoms with Gasteiger partial charge in [-0.25, -0.2) is 0 Å². The van der Waals surface area contributed by atoms with Crippen LogP contribution in [0.4, 0.5) is 0 Å². The molecule has 0 amide bonds. The third kappa shape index (κ3) is 7.17. The van der Waals surface area contributed by atoms with E-state index >= 15 is 0 Å². The molecule has 2 aliphatic rings. The Hall–Kier alpha value is -0.710. The minimum absolute atomic E-state index is 0. The molecule has 30 heavy (non-hydrogen) atoms. The molecule has 3 rings (SSSR count). The molecule has 1 aromatic carbocycles. The molecule has 2 saturated heterocycles. The number of para-hydroxylation sites is 1. The van der Waals surface area contributed by atoms with Crippen LogP contribution in [0.2, 0.25) is 0 Å². The summed E-state index contributed by atoms with van der Waals surface area (Å²) in [5.74, 6) is 4.19. The molecule has 0 bridgehead atoms. The van der Waals surface area contributed by atoms with Crippen LogP contribution in [-0.2, 0) is 4.74 Å².